The number of rotatable bonds is 5. The molecular weight excluding hydrogens is 414 g/mol. The van der Waals surface area contributed by atoms with E-state index in [4.69, 9.17) is 20.1 Å². The van der Waals surface area contributed by atoms with Gasteiger partial charge in [-0.2, -0.15) is 0 Å². The normalized spacial score (nSPS) is 23.4. The number of carbonyl (C=O) groups excluding carboxylic acids is 1. The Bertz CT molecular complexity index is 854. The van der Waals surface area contributed by atoms with Gasteiger partial charge in [-0.15, -0.1) is 0 Å². The molecule has 1 saturated heterocycles. The smallest absolute Gasteiger partial charge is 0.453 e. The lowest BCUT2D eigenvalue weighted by atomic mass is 9.87. The van der Waals surface area contributed by atoms with Crippen LogP contribution < -0.4 is 14.8 Å². The highest BCUT2D eigenvalue weighted by molar-refractivity contribution is 5.89. The molecule has 1 amide bonds. The van der Waals surface area contributed by atoms with Crippen LogP contribution in [0.25, 0.3) is 0 Å². The fourth-order valence-corrected chi connectivity index (χ4v) is 3.62. The van der Waals surface area contributed by atoms with Crippen molar-refractivity contribution >= 4 is 5.91 Å². The number of nitrogens with one attached hydrogen (secondary N) is 1. The molecule has 1 unspecified atom stereocenters. The summed E-state index contributed by atoms with van der Waals surface area (Å²) in [6.07, 6.45) is -2.16. The first kappa shape index (κ1) is 22.1. The molecule has 1 saturated carbocycles. The zero-order valence-corrected chi connectivity index (χ0v) is 15.2. The lowest BCUT2D eigenvalue weighted by Gasteiger charge is -2.30. The van der Waals surface area contributed by atoms with Crippen molar-refractivity contribution in [2.75, 3.05) is 0 Å². The van der Waals surface area contributed by atoms with E-state index in [1.807, 2.05) is 0 Å². The molecule has 0 bridgehead atoms. The predicted octanol–water partition coefficient (Wildman–Crippen LogP) is -3.38. The zero-order valence-electron chi connectivity index (χ0n) is 15.2. The van der Waals surface area contributed by atoms with E-state index in [0.29, 0.717) is 12.8 Å². The number of hydrogen-bond donors (Lipinski definition) is 11. The zero-order chi connectivity index (χ0) is 22.6. The van der Waals surface area contributed by atoms with Crippen molar-refractivity contribution in [3.8, 4) is 28.7 Å². The van der Waals surface area contributed by atoms with Crippen molar-refractivity contribution < 1.29 is 65.3 Å². The summed E-state index contributed by atoms with van der Waals surface area (Å²) in [5.41, 5.74) is -1.15. The van der Waals surface area contributed by atoms with E-state index in [9.17, 15) is 40.5 Å². The Morgan fingerprint density at radius 2 is 1.47 bits per heavy atom. The Labute approximate surface area is 167 Å². The summed E-state index contributed by atoms with van der Waals surface area (Å²) in [5, 5.41) is 99.9. The number of amides is 1. The van der Waals surface area contributed by atoms with Crippen LogP contribution in [0, 0.1) is 0 Å². The number of ether oxygens (including phenoxy) is 2. The minimum absolute atomic E-state index is 0.454. The highest BCUT2D eigenvalue weighted by atomic mass is 16.9. The number of aliphatic hydroxyl groups is 7. The van der Waals surface area contributed by atoms with E-state index in [1.165, 1.54) is 5.32 Å². The van der Waals surface area contributed by atoms with Crippen molar-refractivity contribution in [3.63, 3.8) is 0 Å². The van der Waals surface area contributed by atoms with E-state index < -0.39 is 70.1 Å². The minimum Gasteiger partial charge on any atom is -0.504 e. The van der Waals surface area contributed by atoms with Crippen molar-refractivity contribution in [3.05, 3.63) is 5.56 Å². The van der Waals surface area contributed by atoms with Crippen LogP contribution in [0.15, 0.2) is 0 Å². The van der Waals surface area contributed by atoms with Gasteiger partial charge < -0.3 is 60.5 Å². The van der Waals surface area contributed by atoms with E-state index in [-0.39, 0.29) is 0 Å². The second kappa shape index (κ2) is 6.98. The molecule has 1 aliphatic heterocycles. The van der Waals surface area contributed by atoms with Crippen LogP contribution in [0.3, 0.4) is 0 Å². The summed E-state index contributed by atoms with van der Waals surface area (Å²) in [7, 11) is 0. The Balaban J connectivity index is 2.24. The van der Waals surface area contributed by atoms with Gasteiger partial charge in [-0.05, 0) is 25.7 Å². The number of phenolic OH excluding ortho intramolecular Hbond substituents is 3. The van der Waals surface area contributed by atoms with E-state index >= 15 is 0 Å². The van der Waals surface area contributed by atoms with Gasteiger partial charge in [-0.25, -0.2) is 0 Å². The summed E-state index contributed by atoms with van der Waals surface area (Å²) in [6, 6.07) is 0. The van der Waals surface area contributed by atoms with Crippen molar-refractivity contribution in [2.24, 2.45) is 0 Å². The van der Waals surface area contributed by atoms with Crippen LogP contribution in [-0.2, 0) is 4.79 Å². The summed E-state index contributed by atoms with van der Waals surface area (Å²) >= 11 is 0. The predicted molar refractivity (Wildman–Crippen MR) is 89.6 cm³/mol. The van der Waals surface area contributed by atoms with Crippen molar-refractivity contribution in [1.29, 1.82) is 0 Å². The molecule has 14 heteroatoms. The average molecular weight is 435 g/mol. The third kappa shape index (κ3) is 3.65. The molecule has 1 heterocycles. The average Bonchev–Trinajstić information content (AvgIpc) is 3.15. The molecule has 2 fully saturated rings. The summed E-state index contributed by atoms with van der Waals surface area (Å²) in [6.45, 7) is 0. The Kier molecular flexibility index (Phi) is 5.15. The molecule has 1 aromatic rings. The van der Waals surface area contributed by atoms with Gasteiger partial charge >= 0.3 is 6.16 Å². The number of benzene rings is 1. The fraction of sp³-hybridized carbons (Fsp3) is 0.562. The minimum atomic E-state index is -3.90. The second-order valence-corrected chi connectivity index (χ2v) is 7.16. The molecule has 3 rings (SSSR count). The van der Waals surface area contributed by atoms with Gasteiger partial charge in [-0.3, -0.25) is 10.1 Å². The lowest BCUT2D eigenvalue weighted by molar-refractivity contribution is -0.420. The van der Waals surface area contributed by atoms with Crippen LogP contribution >= 0.6 is 0 Å². The van der Waals surface area contributed by atoms with Gasteiger partial charge in [0.25, 0.3) is 17.6 Å². The van der Waals surface area contributed by atoms with Crippen LogP contribution in [0.4, 0.5) is 0 Å². The largest absolute Gasteiger partial charge is 0.504 e. The topological polar surface area (TPSA) is 250 Å². The van der Waals surface area contributed by atoms with Crippen molar-refractivity contribution in [1.82, 2.24) is 5.32 Å². The third-order valence-electron chi connectivity index (χ3n) is 4.92. The van der Waals surface area contributed by atoms with Crippen LogP contribution in [0.2, 0.25) is 0 Å². The first-order valence-electron chi connectivity index (χ1n) is 8.72. The van der Waals surface area contributed by atoms with E-state index in [2.05, 4.69) is 4.74 Å². The SMILES string of the molecule is O=C1NC(O)(O)C(c2c(O)c(O)c(OC(O)(O)O)c(OC3CCCC3)c2O)C1(O)O. The number of aromatic hydroxyl groups is 3. The van der Waals surface area contributed by atoms with Gasteiger partial charge in [0.15, 0.2) is 11.5 Å². The summed E-state index contributed by atoms with van der Waals surface area (Å²) < 4.78 is 9.79. The molecule has 1 atom stereocenters. The molecule has 1 aromatic carbocycles. The third-order valence-corrected chi connectivity index (χ3v) is 4.92. The molecule has 168 valence electrons. The molecule has 30 heavy (non-hydrogen) atoms. The van der Waals surface area contributed by atoms with Crippen molar-refractivity contribution in [2.45, 2.75) is 55.6 Å². The molecule has 14 nitrogen and oxygen atoms in total. The van der Waals surface area contributed by atoms with E-state index in [0.717, 1.165) is 12.8 Å². The molecule has 2 aliphatic rings. The first-order chi connectivity index (χ1) is 13.7. The maximum absolute atomic E-state index is 11.7. The lowest BCUT2D eigenvalue weighted by Crippen LogP contribution is -2.46. The molecule has 0 radical (unpaired) electrons. The summed E-state index contributed by atoms with van der Waals surface area (Å²) in [4.78, 5) is 11.7. The Hall–Kier alpha value is -2.59. The Morgan fingerprint density at radius 3 is 1.93 bits per heavy atom. The molecule has 11 N–H and O–H groups in total. The maximum Gasteiger partial charge on any atom is 0.453 e. The van der Waals surface area contributed by atoms with Gasteiger partial charge in [0.1, 0.15) is 5.92 Å². The standard InChI is InChI=1S/C16H21NO13/c18-7-6(12-14(22,23)13(21)17-15(12,24)25)8(19)10(29-5-3-1-2-4-5)11(9(7)20)30-16(26,27)28/h5,12,18-20,22-28H,1-4H2,(H,17,21). The number of hydrogen-bond acceptors (Lipinski definition) is 13. The van der Waals surface area contributed by atoms with Crippen LogP contribution in [-0.4, -0.2) is 80.9 Å². The van der Waals surface area contributed by atoms with Gasteiger partial charge in [-0.1, -0.05) is 0 Å². The molecular formula is C16H21NO13. The molecule has 0 spiro atoms. The number of carbonyl (C=O) groups is 1. The van der Waals surface area contributed by atoms with Crippen LogP contribution in [0.1, 0.15) is 37.2 Å². The second-order valence-electron chi connectivity index (χ2n) is 7.16. The maximum atomic E-state index is 11.7. The summed E-state index contributed by atoms with van der Waals surface area (Å²) in [5.74, 6) is -17.5. The van der Waals surface area contributed by atoms with Gasteiger partial charge in [0.05, 0.1) is 11.7 Å². The quantitative estimate of drug-likeness (QED) is 0.123. The first-order valence-corrected chi connectivity index (χ1v) is 8.72. The van der Waals surface area contributed by atoms with Gasteiger partial charge in [0, 0.05) is 0 Å². The van der Waals surface area contributed by atoms with Crippen LogP contribution in [0.5, 0.6) is 28.7 Å². The Morgan fingerprint density at radius 1 is 0.900 bits per heavy atom. The molecule has 0 aromatic heterocycles. The number of phenols is 3. The molecule has 1 aliphatic carbocycles. The highest BCUT2D eigenvalue weighted by Crippen LogP contribution is 2.58. The van der Waals surface area contributed by atoms with E-state index in [1.54, 1.807) is 0 Å². The monoisotopic (exact) mass is 435 g/mol. The fourth-order valence-electron chi connectivity index (χ4n) is 3.62. The highest BCUT2D eigenvalue weighted by Gasteiger charge is 2.64. The van der Waals surface area contributed by atoms with Gasteiger partial charge in [0.2, 0.25) is 17.2 Å².